The van der Waals surface area contributed by atoms with E-state index >= 15 is 0 Å². The second-order valence-electron chi connectivity index (χ2n) is 6.05. The van der Waals surface area contributed by atoms with E-state index in [1.807, 2.05) is 6.92 Å². The van der Waals surface area contributed by atoms with E-state index in [4.69, 9.17) is 4.74 Å². The molecular weight excluding hydrogens is 204 g/mol. The maximum absolute atomic E-state index is 11.4. The SMILES string of the molecule is C=CC(=O)OC12CC3CC(CC(C)(O)C1)C32. The molecule has 3 rings (SSSR count). The van der Waals surface area contributed by atoms with Crippen LogP contribution >= 0.6 is 0 Å². The van der Waals surface area contributed by atoms with Gasteiger partial charge >= 0.3 is 5.97 Å². The lowest BCUT2D eigenvalue weighted by Gasteiger charge is -2.69. The summed E-state index contributed by atoms with van der Waals surface area (Å²) in [6.45, 7) is 5.30. The molecule has 0 aromatic rings. The van der Waals surface area contributed by atoms with Gasteiger partial charge in [0.15, 0.2) is 0 Å². The standard InChI is InChI=1S/C13H18O3/c1-3-10(14)16-13-6-9-4-8(11(9)13)5-12(2,15)7-13/h3,8-9,11,15H,1,4-7H2,2H3. The summed E-state index contributed by atoms with van der Waals surface area (Å²) in [5, 5.41) is 10.2. The fourth-order valence-electron chi connectivity index (χ4n) is 4.43. The molecule has 0 spiro atoms. The lowest BCUT2D eigenvalue weighted by molar-refractivity contribution is -0.286. The van der Waals surface area contributed by atoms with Gasteiger partial charge in [0.05, 0.1) is 5.60 Å². The first-order valence-corrected chi connectivity index (χ1v) is 6.04. The molecule has 3 aliphatic carbocycles. The van der Waals surface area contributed by atoms with Crippen molar-refractivity contribution < 1.29 is 14.6 Å². The number of hydrogen-bond acceptors (Lipinski definition) is 3. The number of rotatable bonds is 2. The molecule has 0 aromatic heterocycles. The molecule has 0 amide bonds. The Kier molecular flexibility index (Phi) is 1.87. The van der Waals surface area contributed by atoms with Gasteiger partial charge in [-0.15, -0.1) is 0 Å². The van der Waals surface area contributed by atoms with Crippen LogP contribution in [-0.2, 0) is 9.53 Å². The molecule has 0 radical (unpaired) electrons. The predicted molar refractivity (Wildman–Crippen MR) is 58.6 cm³/mol. The molecule has 5 atom stereocenters. The van der Waals surface area contributed by atoms with Gasteiger partial charge in [-0.3, -0.25) is 0 Å². The summed E-state index contributed by atoms with van der Waals surface area (Å²) < 4.78 is 5.55. The lowest BCUT2D eigenvalue weighted by Crippen LogP contribution is -2.71. The number of esters is 1. The van der Waals surface area contributed by atoms with Gasteiger partial charge in [0.2, 0.25) is 0 Å². The maximum atomic E-state index is 11.4. The van der Waals surface area contributed by atoms with E-state index in [9.17, 15) is 9.90 Å². The van der Waals surface area contributed by atoms with Crippen LogP contribution in [-0.4, -0.2) is 22.3 Å². The van der Waals surface area contributed by atoms with Crippen molar-refractivity contribution in [1.82, 2.24) is 0 Å². The van der Waals surface area contributed by atoms with Crippen molar-refractivity contribution in [3.63, 3.8) is 0 Å². The molecule has 3 fully saturated rings. The van der Waals surface area contributed by atoms with Crippen LogP contribution in [0.2, 0.25) is 0 Å². The Hall–Kier alpha value is -0.830. The average molecular weight is 222 g/mol. The topological polar surface area (TPSA) is 46.5 Å². The molecule has 3 heteroatoms. The molecule has 3 nitrogen and oxygen atoms in total. The zero-order chi connectivity index (χ0) is 11.6. The van der Waals surface area contributed by atoms with Crippen molar-refractivity contribution in [2.45, 2.75) is 43.8 Å². The summed E-state index contributed by atoms with van der Waals surface area (Å²) in [6, 6.07) is 0. The van der Waals surface area contributed by atoms with Crippen LogP contribution in [0.15, 0.2) is 12.7 Å². The zero-order valence-electron chi connectivity index (χ0n) is 9.61. The number of ether oxygens (including phenoxy) is 1. The third-order valence-corrected chi connectivity index (χ3v) is 4.69. The minimum atomic E-state index is -0.673. The third kappa shape index (κ3) is 1.21. The number of carbonyl (C=O) groups excluding carboxylic acids is 1. The van der Waals surface area contributed by atoms with Gasteiger partial charge in [0.1, 0.15) is 5.60 Å². The van der Waals surface area contributed by atoms with Crippen molar-refractivity contribution in [2.75, 3.05) is 0 Å². The number of aliphatic hydroxyl groups is 1. The summed E-state index contributed by atoms with van der Waals surface area (Å²) in [7, 11) is 0. The number of carbonyl (C=O) groups is 1. The van der Waals surface area contributed by atoms with Gasteiger partial charge in [-0.05, 0) is 38.0 Å². The van der Waals surface area contributed by atoms with Gasteiger partial charge in [-0.2, -0.15) is 0 Å². The van der Waals surface area contributed by atoms with Crippen LogP contribution in [0.5, 0.6) is 0 Å². The highest BCUT2D eigenvalue weighted by molar-refractivity contribution is 5.81. The minimum absolute atomic E-state index is 0.346. The molecule has 0 aliphatic heterocycles. The molecule has 0 heterocycles. The van der Waals surface area contributed by atoms with Crippen LogP contribution in [0.25, 0.3) is 0 Å². The summed E-state index contributed by atoms with van der Waals surface area (Å²) in [5.74, 6) is 1.46. The molecule has 1 N–H and O–H groups in total. The molecule has 5 unspecified atom stereocenters. The normalized spacial score (nSPS) is 53.0. The van der Waals surface area contributed by atoms with E-state index in [1.165, 1.54) is 12.5 Å². The second-order valence-corrected chi connectivity index (χ2v) is 6.05. The molecule has 3 aliphatic rings. The van der Waals surface area contributed by atoms with E-state index in [2.05, 4.69) is 6.58 Å². The summed E-state index contributed by atoms with van der Waals surface area (Å²) >= 11 is 0. The van der Waals surface area contributed by atoms with Crippen molar-refractivity contribution >= 4 is 5.97 Å². The molecule has 0 bridgehead atoms. The quantitative estimate of drug-likeness (QED) is 0.571. The van der Waals surface area contributed by atoms with Crippen molar-refractivity contribution in [3.05, 3.63) is 12.7 Å². The maximum Gasteiger partial charge on any atom is 0.330 e. The third-order valence-electron chi connectivity index (χ3n) is 4.69. The molecule has 0 aromatic carbocycles. The van der Waals surface area contributed by atoms with E-state index in [0.29, 0.717) is 18.3 Å². The first-order chi connectivity index (χ1) is 7.46. The Morgan fingerprint density at radius 1 is 1.50 bits per heavy atom. The van der Waals surface area contributed by atoms with Crippen LogP contribution in [0, 0.1) is 17.8 Å². The summed E-state index contributed by atoms with van der Waals surface area (Å²) in [5.41, 5.74) is -1.05. The monoisotopic (exact) mass is 222 g/mol. The van der Waals surface area contributed by atoms with Crippen molar-refractivity contribution in [1.29, 1.82) is 0 Å². The van der Waals surface area contributed by atoms with Gasteiger partial charge in [-0.25, -0.2) is 4.79 Å². The predicted octanol–water partition coefficient (Wildman–Crippen LogP) is 1.66. The first kappa shape index (κ1) is 10.3. The Morgan fingerprint density at radius 2 is 2.19 bits per heavy atom. The van der Waals surface area contributed by atoms with E-state index < -0.39 is 5.60 Å². The van der Waals surface area contributed by atoms with E-state index in [1.54, 1.807) is 0 Å². The summed E-state index contributed by atoms with van der Waals surface area (Å²) in [6.07, 6.45) is 4.82. The van der Waals surface area contributed by atoms with Crippen molar-refractivity contribution in [3.8, 4) is 0 Å². The van der Waals surface area contributed by atoms with Gasteiger partial charge in [0, 0.05) is 18.4 Å². The zero-order valence-corrected chi connectivity index (χ0v) is 9.61. The van der Waals surface area contributed by atoms with E-state index in [0.717, 1.165) is 18.8 Å². The summed E-state index contributed by atoms with van der Waals surface area (Å²) in [4.78, 5) is 11.4. The van der Waals surface area contributed by atoms with Crippen LogP contribution in [0.3, 0.4) is 0 Å². The van der Waals surface area contributed by atoms with Gasteiger partial charge in [0.25, 0.3) is 0 Å². The van der Waals surface area contributed by atoms with Crippen LogP contribution in [0.1, 0.15) is 32.6 Å². The van der Waals surface area contributed by atoms with Crippen molar-refractivity contribution in [2.24, 2.45) is 17.8 Å². The highest BCUT2D eigenvalue weighted by Crippen LogP contribution is 2.68. The average Bonchev–Trinajstić information content (AvgIpc) is 2.10. The molecule has 0 saturated heterocycles. The molecule has 88 valence electrons. The smallest absolute Gasteiger partial charge is 0.330 e. The van der Waals surface area contributed by atoms with Gasteiger partial charge in [-0.1, -0.05) is 6.58 Å². The molecular formula is C13H18O3. The Balaban J connectivity index is 1.83. The fraction of sp³-hybridized carbons (Fsp3) is 0.769. The van der Waals surface area contributed by atoms with Gasteiger partial charge < -0.3 is 9.84 Å². The molecule has 16 heavy (non-hydrogen) atoms. The fourth-order valence-corrected chi connectivity index (χ4v) is 4.43. The highest BCUT2D eigenvalue weighted by atomic mass is 16.6. The Labute approximate surface area is 95.5 Å². The Bertz CT molecular complexity index is 360. The van der Waals surface area contributed by atoms with E-state index in [-0.39, 0.29) is 11.6 Å². The minimum Gasteiger partial charge on any atom is -0.455 e. The van der Waals surface area contributed by atoms with Crippen LogP contribution < -0.4 is 0 Å². The Morgan fingerprint density at radius 3 is 2.81 bits per heavy atom. The van der Waals surface area contributed by atoms with Crippen LogP contribution in [0.4, 0.5) is 0 Å². The largest absolute Gasteiger partial charge is 0.455 e. The lowest BCUT2D eigenvalue weighted by atomic mass is 9.39. The molecule has 3 saturated carbocycles. The number of hydrogen-bond donors (Lipinski definition) is 1. The highest BCUT2D eigenvalue weighted by Gasteiger charge is 2.69. The second kappa shape index (κ2) is 2.89. The first-order valence-electron chi connectivity index (χ1n) is 6.04.